The minimum absolute atomic E-state index is 0.249. The summed E-state index contributed by atoms with van der Waals surface area (Å²) in [4.78, 5) is 0. The molecule has 1 aromatic rings. The lowest BCUT2D eigenvalue weighted by Gasteiger charge is -2.06. The zero-order valence-corrected chi connectivity index (χ0v) is 9.07. The number of hydrogen-bond acceptors (Lipinski definition) is 2. The molecular formula is C9H11ClN2OS. The third-order valence-electron chi connectivity index (χ3n) is 1.47. The van der Waals surface area contributed by atoms with Gasteiger partial charge in [0.1, 0.15) is 12.4 Å². The molecule has 0 heterocycles. The second kappa shape index (κ2) is 5.67. The maximum atomic E-state index is 5.48. The van der Waals surface area contributed by atoms with Crippen LogP contribution in [0.1, 0.15) is 0 Å². The molecule has 0 atom stereocenters. The Kier molecular flexibility index (Phi) is 4.49. The van der Waals surface area contributed by atoms with Gasteiger partial charge in [-0.05, 0) is 36.5 Å². The van der Waals surface area contributed by atoms with Crippen LogP contribution in [-0.2, 0) is 0 Å². The molecule has 0 amide bonds. The molecule has 3 N–H and O–H groups in total. The average molecular weight is 231 g/mol. The van der Waals surface area contributed by atoms with E-state index in [1.807, 2.05) is 24.3 Å². The molecule has 0 fully saturated rings. The third kappa shape index (κ3) is 3.81. The topological polar surface area (TPSA) is 47.3 Å². The fraction of sp³-hybridized carbons (Fsp3) is 0.222. The van der Waals surface area contributed by atoms with E-state index in [-0.39, 0.29) is 5.11 Å². The fourth-order valence-corrected chi connectivity index (χ4v) is 1.13. The Morgan fingerprint density at radius 3 is 2.57 bits per heavy atom. The van der Waals surface area contributed by atoms with Crippen LogP contribution in [0.5, 0.6) is 5.75 Å². The van der Waals surface area contributed by atoms with Crippen molar-refractivity contribution in [3.63, 3.8) is 0 Å². The molecule has 1 rings (SSSR count). The summed E-state index contributed by atoms with van der Waals surface area (Å²) in [6.07, 6.45) is 0. The lowest BCUT2D eigenvalue weighted by atomic mass is 10.3. The summed E-state index contributed by atoms with van der Waals surface area (Å²) in [7, 11) is 0. The van der Waals surface area contributed by atoms with Crippen molar-refractivity contribution in [2.24, 2.45) is 5.73 Å². The number of rotatable bonds is 4. The first-order valence-electron chi connectivity index (χ1n) is 4.07. The molecule has 0 aliphatic rings. The normalized spacial score (nSPS) is 9.50. The minimum Gasteiger partial charge on any atom is -0.492 e. The summed E-state index contributed by atoms with van der Waals surface area (Å²) in [5, 5.41) is 3.07. The molecule has 5 heteroatoms. The smallest absolute Gasteiger partial charge is 0.168 e. The number of anilines is 1. The van der Waals surface area contributed by atoms with Crippen LogP contribution in [0.25, 0.3) is 0 Å². The van der Waals surface area contributed by atoms with Gasteiger partial charge in [-0.2, -0.15) is 0 Å². The van der Waals surface area contributed by atoms with Crippen molar-refractivity contribution in [2.75, 3.05) is 17.8 Å². The van der Waals surface area contributed by atoms with Gasteiger partial charge >= 0.3 is 0 Å². The van der Waals surface area contributed by atoms with Crippen LogP contribution in [0, 0.1) is 0 Å². The van der Waals surface area contributed by atoms with E-state index in [2.05, 4.69) is 5.32 Å². The van der Waals surface area contributed by atoms with Crippen molar-refractivity contribution in [1.82, 2.24) is 0 Å². The summed E-state index contributed by atoms with van der Waals surface area (Å²) in [6, 6.07) is 7.33. The number of benzene rings is 1. The number of halogens is 1. The van der Waals surface area contributed by atoms with Gasteiger partial charge in [-0.1, -0.05) is 0 Å². The molecule has 3 nitrogen and oxygen atoms in total. The van der Waals surface area contributed by atoms with Crippen LogP contribution >= 0.6 is 23.8 Å². The number of hydrogen-bond donors (Lipinski definition) is 2. The summed E-state index contributed by atoms with van der Waals surface area (Å²) < 4.78 is 5.29. The third-order valence-corrected chi connectivity index (χ3v) is 1.72. The summed E-state index contributed by atoms with van der Waals surface area (Å²) in [6.45, 7) is 0.504. The highest BCUT2D eigenvalue weighted by molar-refractivity contribution is 7.80. The molecule has 0 spiro atoms. The van der Waals surface area contributed by atoms with Gasteiger partial charge in [0.2, 0.25) is 0 Å². The zero-order valence-electron chi connectivity index (χ0n) is 7.50. The Morgan fingerprint density at radius 1 is 1.43 bits per heavy atom. The van der Waals surface area contributed by atoms with E-state index >= 15 is 0 Å². The van der Waals surface area contributed by atoms with Gasteiger partial charge in [0, 0.05) is 5.69 Å². The Balaban J connectivity index is 2.54. The zero-order chi connectivity index (χ0) is 10.4. The van der Waals surface area contributed by atoms with Crippen molar-refractivity contribution in [2.45, 2.75) is 0 Å². The Hall–Kier alpha value is -1.00. The lowest BCUT2D eigenvalue weighted by molar-refractivity contribution is 0.343. The molecule has 76 valence electrons. The quantitative estimate of drug-likeness (QED) is 0.613. The molecule has 0 saturated heterocycles. The number of nitrogens with one attached hydrogen (secondary N) is 1. The van der Waals surface area contributed by atoms with Crippen molar-refractivity contribution in [3.05, 3.63) is 24.3 Å². The van der Waals surface area contributed by atoms with Crippen molar-refractivity contribution >= 4 is 34.6 Å². The van der Waals surface area contributed by atoms with Crippen molar-refractivity contribution in [3.8, 4) is 5.75 Å². The maximum absolute atomic E-state index is 5.48. The standard InChI is InChI=1S/C9H11ClN2OS/c10-5-6-13-8-3-1-7(2-4-8)12-9(11)14/h1-4H,5-6H2,(H3,11,12,14). The van der Waals surface area contributed by atoms with E-state index in [9.17, 15) is 0 Å². The highest BCUT2D eigenvalue weighted by atomic mass is 35.5. The van der Waals surface area contributed by atoms with Gasteiger partial charge in [0.25, 0.3) is 0 Å². The van der Waals surface area contributed by atoms with E-state index < -0.39 is 0 Å². The van der Waals surface area contributed by atoms with Crippen molar-refractivity contribution in [1.29, 1.82) is 0 Å². The average Bonchev–Trinajstić information content (AvgIpc) is 2.16. The van der Waals surface area contributed by atoms with Crippen LogP contribution in [-0.4, -0.2) is 17.6 Å². The number of ether oxygens (including phenoxy) is 1. The number of thiocarbonyl (C=S) groups is 1. The van der Waals surface area contributed by atoms with E-state index in [0.29, 0.717) is 12.5 Å². The molecule has 0 aromatic heterocycles. The van der Waals surface area contributed by atoms with Gasteiger partial charge in [-0.25, -0.2) is 0 Å². The van der Waals surface area contributed by atoms with Gasteiger partial charge in [-0.15, -0.1) is 11.6 Å². The Morgan fingerprint density at radius 2 is 2.07 bits per heavy atom. The van der Waals surface area contributed by atoms with Crippen LogP contribution in [0.3, 0.4) is 0 Å². The van der Waals surface area contributed by atoms with Gasteiger partial charge in [0.05, 0.1) is 5.88 Å². The Labute approximate surface area is 93.2 Å². The van der Waals surface area contributed by atoms with E-state index in [4.69, 9.17) is 34.3 Å². The van der Waals surface area contributed by atoms with Gasteiger partial charge in [-0.3, -0.25) is 0 Å². The fourth-order valence-electron chi connectivity index (χ4n) is 0.933. The summed E-state index contributed by atoms with van der Waals surface area (Å²) in [5.74, 6) is 1.26. The van der Waals surface area contributed by atoms with Crippen LogP contribution < -0.4 is 15.8 Å². The highest BCUT2D eigenvalue weighted by Crippen LogP contribution is 2.15. The van der Waals surface area contributed by atoms with Crippen LogP contribution in [0.4, 0.5) is 5.69 Å². The van der Waals surface area contributed by atoms with E-state index in [1.165, 1.54) is 0 Å². The first-order valence-corrected chi connectivity index (χ1v) is 5.02. The predicted molar refractivity (Wildman–Crippen MR) is 63.1 cm³/mol. The molecule has 0 aliphatic carbocycles. The van der Waals surface area contributed by atoms with Crippen LogP contribution in [0.15, 0.2) is 24.3 Å². The molecule has 0 radical (unpaired) electrons. The highest BCUT2D eigenvalue weighted by Gasteiger charge is 1.95. The Bertz CT molecular complexity index is 302. The second-order valence-electron chi connectivity index (χ2n) is 2.55. The molecule has 14 heavy (non-hydrogen) atoms. The van der Waals surface area contributed by atoms with Crippen molar-refractivity contribution < 1.29 is 4.74 Å². The summed E-state index contributed by atoms with van der Waals surface area (Å²) >= 11 is 10.2. The monoisotopic (exact) mass is 230 g/mol. The molecule has 0 saturated carbocycles. The van der Waals surface area contributed by atoms with Gasteiger partial charge < -0.3 is 15.8 Å². The second-order valence-corrected chi connectivity index (χ2v) is 3.37. The lowest BCUT2D eigenvalue weighted by Crippen LogP contribution is -2.18. The van der Waals surface area contributed by atoms with E-state index in [0.717, 1.165) is 11.4 Å². The van der Waals surface area contributed by atoms with E-state index in [1.54, 1.807) is 0 Å². The first kappa shape index (κ1) is 11.1. The summed E-state index contributed by atoms with van der Waals surface area (Å²) in [5.41, 5.74) is 6.16. The predicted octanol–water partition coefficient (Wildman–Crippen LogP) is 1.96. The van der Waals surface area contributed by atoms with Crippen LogP contribution in [0.2, 0.25) is 0 Å². The molecule has 0 aliphatic heterocycles. The molecular weight excluding hydrogens is 220 g/mol. The number of nitrogens with two attached hydrogens (primary N) is 1. The number of alkyl halides is 1. The first-order chi connectivity index (χ1) is 6.72. The molecule has 0 bridgehead atoms. The minimum atomic E-state index is 0.249. The van der Waals surface area contributed by atoms with Gasteiger partial charge in [0.15, 0.2) is 5.11 Å². The molecule has 0 unspecified atom stereocenters. The molecule has 1 aromatic carbocycles. The largest absolute Gasteiger partial charge is 0.492 e. The SMILES string of the molecule is NC(=S)Nc1ccc(OCCCl)cc1. The maximum Gasteiger partial charge on any atom is 0.168 e.